The van der Waals surface area contributed by atoms with Crippen LogP contribution in [0.25, 0.3) is 0 Å². The number of rotatable bonds is 7. The standard InChI is InChI=1S/C26H27N3O3S2/c1-18(2)29(17-19-8-4-3-5-9-19)34(31,32)21-14-12-20(13-15-21)25(30)28-26-23(16-27)22-10-6-7-11-24(22)33-26/h3-5,8-9,12-15,18H,6-7,10-11,17H2,1-2H3,(H,28,30). The summed E-state index contributed by atoms with van der Waals surface area (Å²) in [7, 11) is -3.75. The second-order valence-electron chi connectivity index (χ2n) is 8.63. The maximum absolute atomic E-state index is 13.3. The molecule has 1 aliphatic carbocycles. The molecule has 6 nitrogen and oxygen atoms in total. The van der Waals surface area contributed by atoms with Crippen LogP contribution in [0.15, 0.2) is 59.5 Å². The van der Waals surface area contributed by atoms with Crippen LogP contribution in [0.1, 0.15) is 58.6 Å². The summed E-state index contributed by atoms with van der Waals surface area (Å²) >= 11 is 1.47. The molecule has 0 aliphatic heterocycles. The Morgan fingerprint density at radius 1 is 1.09 bits per heavy atom. The van der Waals surface area contributed by atoms with Crippen molar-refractivity contribution in [2.75, 3.05) is 5.32 Å². The van der Waals surface area contributed by atoms with Crippen LogP contribution < -0.4 is 5.32 Å². The van der Waals surface area contributed by atoms with Gasteiger partial charge in [-0.25, -0.2) is 8.42 Å². The molecular formula is C26H27N3O3S2. The van der Waals surface area contributed by atoms with Crippen LogP contribution >= 0.6 is 11.3 Å². The molecule has 4 rings (SSSR count). The third-order valence-corrected chi connectivity index (χ3v) is 9.23. The summed E-state index contributed by atoms with van der Waals surface area (Å²) in [5, 5.41) is 13.0. The quantitative estimate of drug-likeness (QED) is 0.480. The van der Waals surface area contributed by atoms with Gasteiger partial charge in [-0.05, 0) is 74.9 Å². The van der Waals surface area contributed by atoms with E-state index in [0.717, 1.165) is 36.8 Å². The number of hydrogen-bond acceptors (Lipinski definition) is 5. The van der Waals surface area contributed by atoms with Crippen LogP contribution in [0.3, 0.4) is 0 Å². The minimum atomic E-state index is -3.75. The van der Waals surface area contributed by atoms with Crippen molar-refractivity contribution in [3.8, 4) is 6.07 Å². The summed E-state index contributed by atoms with van der Waals surface area (Å²) in [5.74, 6) is -0.357. The monoisotopic (exact) mass is 493 g/mol. The number of amides is 1. The lowest BCUT2D eigenvalue weighted by atomic mass is 9.96. The number of carbonyl (C=O) groups is 1. The smallest absolute Gasteiger partial charge is 0.256 e. The molecule has 34 heavy (non-hydrogen) atoms. The number of hydrogen-bond donors (Lipinski definition) is 1. The van der Waals surface area contributed by atoms with Gasteiger partial charge in [0, 0.05) is 23.0 Å². The van der Waals surface area contributed by atoms with Crippen molar-refractivity contribution in [2.24, 2.45) is 0 Å². The van der Waals surface area contributed by atoms with E-state index in [2.05, 4.69) is 11.4 Å². The van der Waals surface area contributed by atoms with Gasteiger partial charge in [0.2, 0.25) is 10.0 Å². The highest BCUT2D eigenvalue weighted by Crippen LogP contribution is 2.37. The van der Waals surface area contributed by atoms with Crippen LogP contribution in [-0.2, 0) is 29.4 Å². The second-order valence-corrected chi connectivity index (χ2v) is 11.6. The maximum atomic E-state index is 13.3. The van der Waals surface area contributed by atoms with Crippen molar-refractivity contribution >= 4 is 32.3 Å². The first-order valence-corrected chi connectivity index (χ1v) is 13.6. The number of carbonyl (C=O) groups excluding carboxylic acids is 1. The van der Waals surface area contributed by atoms with Crippen molar-refractivity contribution in [3.05, 3.63) is 81.7 Å². The predicted octanol–water partition coefficient (Wildman–Crippen LogP) is 5.35. The molecule has 0 bridgehead atoms. The Hall–Kier alpha value is -2.99. The number of aryl methyl sites for hydroxylation is 1. The fraction of sp³-hybridized carbons (Fsp3) is 0.308. The summed E-state index contributed by atoms with van der Waals surface area (Å²) in [6.07, 6.45) is 3.96. The molecule has 3 aromatic rings. The Morgan fingerprint density at radius 3 is 2.41 bits per heavy atom. The van der Waals surface area contributed by atoms with E-state index in [1.54, 1.807) is 0 Å². The molecule has 176 valence electrons. The number of nitriles is 1. The minimum absolute atomic E-state index is 0.137. The van der Waals surface area contributed by atoms with Crippen molar-refractivity contribution in [2.45, 2.75) is 57.0 Å². The Morgan fingerprint density at radius 2 is 1.76 bits per heavy atom. The van der Waals surface area contributed by atoms with Crippen LogP contribution in [0.4, 0.5) is 5.00 Å². The van der Waals surface area contributed by atoms with E-state index in [1.807, 2.05) is 44.2 Å². The topological polar surface area (TPSA) is 90.3 Å². The molecule has 8 heteroatoms. The highest BCUT2D eigenvalue weighted by atomic mass is 32.2. The molecule has 0 atom stereocenters. The number of anilines is 1. The van der Waals surface area contributed by atoms with E-state index in [4.69, 9.17) is 0 Å². The normalized spacial score (nSPS) is 13.5. The molecule has 1 aliphatic rings. The van der Waals surface area contributed by atoms with Crippen molar-refractivity contribution < 1.29 is 13.2 Å². The predicted molar refractivity (Wildman–Crippen MR) is 134 cm³/mol. The summed E-state index contributed by atoms with van der Waals surface area (Å²) in [4.78, 5) is 14.2. The Bertz CT molecular complexity index is 1320. The molecule has 0 unspecified atom stereocenters. The average molecular weight is 494 g/mol. The molecule has 0 fully saturated rings. The fourth-order valence-corrected chi connectivity index (χ4v) is 7.03. The Labute approximate surface area is 204 Å². The van der Waals surface area contributed by atoms with Gasteiger partial charge in [0.25, 0.3) is 5.91 Å². The zero-order valence-corrected chi connectivity index (χ0v) is 20.9. The van der Waals surface area contributed by atoms with E-state index in [-0.39, 0.29) is 23.4 Å². The third-order valence-electron chi connectivity index (χ3n) is 5.99. The van der Waals surface area contributed by atoms with Crippen LogP contribution in [0, 0.1) is 11.3 Å². The molecule has 0 saturated heterocycles. The average Bonchev–Trinajstić information content (AvgIpc) is 3.19. The third kappa shape index (κ3) is 4.92. The molecule has 1 aromatic heterocycles. The summed E-state index contributed by atoms with van der Waals surface area (Å²) in [5.41, 5.74) is 2.86. The van der Waals surface area contributed by atoms with E-state index in [0.29, 0.717) is 16.1 Å². The second kappa shape index (κ2) is 10.1. The lowest BCUT2D eigenvalue weighted by Crippen LogP contribution is -2.36. The lowest BCUT2D eigenvalue weighted by Gasteiger charge is -2.26. The number of fused-ring (bicyclic) bond motifs is 1. The van der Waals surface area contributed by atoms with Gasteiger partial charge in [-0.2, -0.15) is 9.57 Å². The van der Waals surface area contributed by atoms with Gasteiger partial charge in [0.05, 0.1) is 10.5 Å². The van der Waals surface area contributed by atoms with Crippen molar-refractivity contribution in [1.29, 1.82) is 5.26 Å². The van der Waals surface area contributed by atoms with Crippen molar-refractivity contribution in [1.82, 2.24) is 4.31 Å². The molecule has 0 saturated carbocycles. The molecule has 1 N–H and O–H groups in total. The van der Waals surface area contributed by atoms with E-state index in [1.165, 1.54) is 44.8 Å². The summed E-state index contributed by atoms with van der Waals surface area (Å²) < 4.78 is 28.1. The highest BCUT2D eigenvalue weighted by molar-refractivity contribution is 7.89. The van der Waals surface area contributed by atoms with E-state index in [9.17, 15) is 18.5 Å². The zero-order valence-electron chi connectivity index (χ0n) is 19.2. The largest absolute Gasteiger partial charge is 0.312 e. The molecular weight excluding hydrogens is 466 g/mol. The molecule has 2 aromatic carbocycles. The van der Waals surface area contributed by atoms with Crippen LogP contribution in [0.2, 0.25) is 0 Å². The number of benzene rings is 2. The first kappa shape index (κ1) is 24.1. The zero-order chi connectivity index (χ0) is 24.3. The van der Waals surface area contributed by atoms with Gasteiger partial charge in [0.15, 0.2) is 0 Å². The van der Waals surface area contributed by atoms with E-state index < -0.39 is 10.0 Å². The van der Waals surface area contributed by atoms with Gasteiger partial charge >= 0.3 is 0 Å². The van der Waals surface area contributed by atoms with Gasteiger partial charge in [0.1, 0.15) is 11.1 Å². The lowest BCUT2D eigenvalue weighted by molar-refractivity contribution is 0.102. The van der Waals surface area contributed by atoms with Gasteiger partial charge in [-0.15, -0.1) is 11.3 Å². The first-order chi connectivity index (χ1) is 16.3. The fourth-order valence-electron chi connectivity index (χ4n) is 4.17. The van der Waals surface area contributed by atoms with Gasteiger partial charge in [-0.3, -0.25) is 4.79 Å². The van der Waals surface area contributed by atoms with Crippen molar-refractivity contribution in [3.63, 3.8) is 0 Å². The molecule has 1 amide bonds. The number of nitrogens with zero attached hydrogens (tertiary/aromatic N) is 2. The maximum Gasteiger partial charge on any atom is 0.256 e. The number of nitrogens with one attached hydrogen (secondary N) is 1. The van der Waals surface area contributed by atoms with E-state index >= 15 is 0 Å². The Kier molecular flexibility index (Phi) is 7.17. The summed E-state index contributed by atoms with van der Waals surface area (Å²) in [6.45, 7) is 3.95. The first-order valence-electron chi connectivity index (χ1n) is 11.3. The molecule has 0 radical (unpaired) electrons. The minimum Gasteiger partial charge on any atom is -0.312 e. The highest BCUT2D eigenvalue weighted by Gasteiger charge is 2.28. The van der Waals surface area contributed by atoms with Crippen LogP contribution in [0.5, 0.6) is 0 Å². The molecule has 0 spiro atoms. The Balaban J connectivity index is 1.54. The van der Waals surface area contributed by atoms with Gasteiger partial charge in [-0.1, -0.05) is 30.3 Å². The molecule has 1 heterocycles. The summed E-state index contributed by atoms with van der Waals surface area (Å²) in [6, 6.07) is 17.4. The number of thiophene rings is 1. The van der Waals surface area contributed by atoms with Gasteiger partial charge < -0.3 is 5.32 Å². The SMILES string of the molecule is CC(C)N(Cc1ccccc1)S(=O)(=O)c1ccc(C(=O)Nc2sc3c(c2C#N)CCCC3)cc1. The number of sulfonamides is 1. The van der Waals surface area contributed by atoms with Crippen LogP contribution in [-0.4, -0.2) is 24.7 Å².